The molecule has 2 aromatic rings. The second kappa shape index (κ2) is 6.68. The van der Waals surface area contributed by atoms with Crippen LogP contribution in [0, 0.1) is 0 Å². The summed E-state index contributed by atoms with van der Waals surface area (Å²) in [6, 6.07) is 3.41. The molecule has 0 aliphatic rings. The van der Waals surface area contributed by atoms with Gasteiger partial charge in [-0.3, -0.25) is 0 Å². The number of aryl methyl sites for hydroxylation is 1. The van der Waals surface area contributed by atoms with Gasteiger partial charge in [-0.15, -0.1) is 0 Å². The Morgan fingerprint density at radius 1 is 1.29 bits per heavy atom. The van der Waals surface area contributed by atoms with Crippen molar-refractivity contribution in [2.75, 3.05) is 11.9 Å². The molecule has 8 heteroatoms. The van der Waals surface area contributed by atoms with Gasteiger partial charge in [-0.25, -0.2) is 23.1 Å². The minimum atomic E-state index is -3.69. The smallest absolute Gasteiger partial charge is 0.260 e. The predicted octanol–water partition coefficient (Wildman–Crippen LogP) is 1.12. The SMILES string of the molecule is CCCNc1cccnc1S(=O)(=O)NCc1nccn1C. The van der Waals surface area contributed by atoms with E-state index < -0.39 is 10.0 Å². The average molecular weight is 309 g/mol. The Labute approximate surface area is 124 Å². The zero-order valence-corrected chi connectivity index (χ0v) is 12.9. The highest BCUT2D eigenvalue weighted by Gasteiger charge is 2.20. The van der Waals surface area contributed by atoms with Gasteiger partial charge in [0.05, 0.1) is 12.2 Å². The second-order valence-corrected chi connectivity index (χ2v) is 6.24. The van der Waals surface area contributed by atoms with Crippen molar-refractivity contribution in [1.29, 1.82) is 0 Å². The number of imidazole rings is 1. The lowest BCUT2D eigenvalue weighted by atomic mass is 10.4. The van der Waals surface area contributed by atoms with Gasteiger partial charge < -0.3 is 9.88 Å². The van der Waals surface area contributed by atoms with Crippen LogP contribution in [0.1, 0.15) is 19.2 Å². The number of pyridine rings is 1. The third-order valence-corrected chi connectivity index (χ3v) is 4.29. The van der Waals surface area contributed by atoms with E-state index in [4.69, 9.17) is 0 Å². The molecule has 7 nitrogen and oxygen atoms in total. The summed E-state index contributed by atoms with van der Waals surface area (Å²) in [5.74, 6) is 0.637. The molecule has 0 aliphatic carbocycles. The normalized spacial score (nSPS) is 11.5. The topological polar surface area (TPSA) is 88.9 Å². The number of aromatic nitrogens is 3. The molecule has 0 aromatic carbocycles. The molecule has 0 saturated carbocycles. The Balaban J connectivity index is 2.17. The molecule has 2 N–H and O–H groups in total. The maximum atomic E-state index is 12.4. The zero-order chi connectivity index (χ0) is 15.3. The first kappa shape index (κ1) is 15.5. The maximum Gasteiger partial charge on any atom is 0.260 e. The highest BCUT2D eigenvalue weighted by molar-refractivity contribution is 7.89. The van der Waals surface area contributed by atoms with E-state index in [2.05, 4.69) is 20.0 Å². The second-order valence-electron chi connectivity index (χ2n) is 4.56. The van der Waals surface area contributed by atoms with Crippen LogP contribution in [0.4, 0.5) is 5.69 Å². The van der Waals surface area contributed by atoms with E-state index in [9.17, 15) is 8.42 Å². The van der Waals surface area contributed by atoms with Crippen LogP contribution in [0.15, 0.2) is 35.7 Å². The van der Waals surface area contributed by atoms with Gasteiger partial charge in [-0.2, -0.15) is 0 Å². The van der Waals surface area contributed by atoms with Gasteiger partial charge in [-0.1, -0.05) is 6.92 Å². The van der Waals surface area contributed by atoms with Crippen LogP contribution in [0.2, 0.25) is 0 Å². The lowest BCUT2D eigenvalue weighted by Gasteiger charge is -2.11. The van der Waals surface area contributed by atoms with Crippen LogP contribution in [0.5, 0.6) is 0 Å². The molecule has 114 valence electrons. The zero-order valence-electron chi connectivity index (χ0n) is 12.1. The summed E-state index contributed by atoms with van der Waals surface area (Å²) >= 11 is 0. The van der Waals surface area contributed by atoms with Crippen molar-refractivity contribution < 1.29 is 8.42 Å². The Morgan fingerprint density at radius 2 is 2.10 bits per heavy atom. The number of nitrogens with one attached hydrogen (secondary N) is 2. The van der Waals surface area contributed by atoms with Gasteiger partial charge in [0.25, 0.3) is 10.0 Å². The van der Waals surface area contributed by atoms with E-state index in [0.717, 1.165) is 6.42 Å². The predicted molar refractivity (Wildman–Crippen MR) is 80.3 cm³/mol. The third-order valence-electron chi connectivity index (χ3n) is 2.93. The fourth-order valence-electron chi connectivity index (χ4n) is 1.79. The fraction of sp³-hybridized carbons (Fsp3) is 0.385. The quantitative estimate of drug-likeness (QED) is 0.800. The van der Waals surface area contributed by atoms with Crippen molar-refractivity contribution in [1.82, 2.24) is 19.3 Å². The number of sulfonamides is 1. The van der Waals surface area contributed by atoms with Crippen molar-refractivity contribution >= 4 is 15.7 Å². The van der Waals surface area contributed by atoms with Gasteiger partial charge in [0.15, 0.2) is 5.03 Å². The summed E-state index contributed by atoms with van der Waals surface area (Å²) in [7, 11) is -1.88. The number of hydrogen-bond acceptors (Lipinski definition) is 5. The molecule has 0 saturated heterocycles. The highest BCUT2D eigenvalue weighted by Crippen LogP contribution is 2.17. The van der Waals surface area contributed by atoms with Gasteiger partial charge in [0, 0.05) is 32.2 Å². The largest absolute Gasteiger partial charge is 0.383 e. The molecule has 21 heavy (non-hydrogen) atoms. The monoisotopic (exact) mass is 309 g/mol. The van der Waals surface area contributed by atoms with E-state index in [1.165, 1.54) is 6.20 Å². The molecule has 0 spiro atoms. The minimum absolute atomic E-state index is 0.00709. The number of anilines is 1. The number of hydrogen-bond donors (Lipinski definition) is 2. The van der Waals surface area contributed by atoms with Crippen LogP contribution in [0.25, 0.3) is 0 Å². The Kier molecular flexibility index (Phi) is 4.92. The lowest BCUT2D eigenvalue weighted by molar-refractivity contribution is 0.574. The molecule has 0 unspecified atom stereocenters. The van der Waals surface area contributed by atoms with Gasteiger partial charge in [0.2, 0.25) is 0 Å². The standard InChI is InChI=1S/C13H19N5O2S/c1-3-6-14-11-5-4-7-16-13(11)21(19,20)17-10-12-15-8-9-18(12)2/h4-5,7-9,14,17H,3,6,10H2,1-2H3. The average Bonchev–Trinajstić information content (AvgIpc) is 2.89. The molecule has 2 rings (SSSR count). The fourth-order valence-corrected chi connectivity index (χ4v) is 2.88. The van der Waals surface area contributed by atoms with E-state index in [-0.39, 0.29) is 11.6 Å². The van der Waals surface area contributed by atoms with Gasteiger partial charge in [0.1, 0.15) is 5.82 Å². The summed E-state index contributed by atoms with van der Waals surface area (Å²) in [6.07, 6.45) is 5.75. The molecule has 0 fully saturated rings. The van der Waals surface area contributed by atoms with Crippen molar-refractivity contribution in [2.45, 2.75) is 24.9 Å². The van der Waals surface area contributed by atoms with Crippen LogP contribution >= 0.6 is 0 Å². The van der Waals surface area contributed by atoms with Crippen molar-refractivity contribution in [2.24, 2.45) is 7.05 Å². The van der Waals surface area contributed by atoms with E-state index in [1.807, 2.05) is 14.0 Å². The van der Waals surface area contributed by atoms with Gasteiger partial charge >= 0.3 is 0 Å². The molecular weight excluding hydrogens is 290 g/mol. The molecule has 0 bridgehead atoms. The highest BCUT2D eigenvalue weighted by atomic mass is 32.2. The summed E-state index contributed by atoms with van der Waals surface area (Å²) < 4.78 is 29.0. The first-order valence-electron chi connectivity index (χ1n) is 6.69. The summed E-state index contributed by atoms with van der Waals surface area (Å²) in [5, 5.41) is 3.08. The molecule has 2 heterocycles. The van der Waals surface area contributed by atoms with Crippen molar-refractivity contribution in [3.63, 3.8) is 0 Å². The Hall–Kier alpha value is -1.93. The Morgan fingerprint density at radius 3 is 2.76 bits per heavy atom. The van der Waals surface area contributed by atoms with Crippen LogP contribution in [0.3, 0.4) is 0 Å². The minimum Gasteiger partial charge on any atom is -0.383 e. The third kappa shape index (κ3) is 3.79. The summed E-state index contributed by atoms with van der Waals surface area (Å²) in [6.45, 7) is 2.82. The van der Waals surface area contributed by atoms with Gasteiger partial charge in [-0.05, 0) is 18.6 Å². The summed E-state index contributed by atoms with van der Waals surface area (Å²) in [5.41, 5.74) is 0.506. The van der Waals surface area contributed by atoms with Crippen LogP contribution in [-0.2, 0) is 23.6 Å². The summed E-state index contributed by atoms with van der Waals surface area (Å²) in [4.78, 5) is 8.07. The van der Waals surface area contributed by atoms with E-state index >= 15 is 0 Å². The molecular formula is C13H19N5O2S. The van der Waals surface area contributed by atoms with E-state index in [1.54, 1.807) is 29.1 Å². The van der Waals surface area contributed by atoms with Crippen molar-refractivity contribution in [3.05, 3.63) is 36.5 Å². The lowest BCUT2D eigenvalue weighted by Crippen LogP contribution is -2.26. The number of rotatable bonds is 7. The molecule has 0 radical (unpaired) electrons. The van der Waals surface area contributed by atoms with Crippen LogP contribution < -0.4 is 10.0 Å². The first-order chi connectivity index (χ1) is 10.0. The van der Waals surface area contributed by atoms with Crippen molar-refractivity contribution in [3.8, 4) is 0 Å². The maximum absolute atomic E-state index is 12.4. The first-order valence-corrected chi connectivity index (χ1v) is 8.17. The molecule has 0 atom stereocenters. The van der Waals surface area contributed by atoms with E-state index in [0.29, 0.717) is 18.1 Å². The molecule has 2 aromatic heterocycles. The molecule has 0 aliphatic heterocycles. The Bertz CT molecular complexity index is 696. The number of nitrogens with zero attached hydrogens (tertiary/aromatic N) is 3. The molecule has 0 amide bonds. The van der Waals surface area contributed by atoms with Crippen LogP contribution in [-0.4, -0.2) is 29.5 Å².